The van der Waals surface area contributed by atoms with Crippen molar-refractivity contribution in [3.05, 3.63) is 39.4 Å². The molecule has 1 aromatic rings. The number of hydrogen-bond acceptors (Lipinski definition) is 3. The Morgan fingerprint density at radius 1 is 1.26 bits per heavy atom. The monoisotopic (exact) mass is 272 g/mol. The first-order chi connectivity index (χ1) is 8.79. The Morgan fingerprint density at radius 3 is 2.26 bits per heavy atom. The van der Waals surface area contributed by atoms with E-state index in [1.54, 1.807) is 7.05 Å². The Kier molecular flexibility index (Phi) is 4.94. The van der Waals surface area contributed by atoms with Gasteiger partial charge in [0.15, 0.2) is 0 Å². The highest BCUT2D eigenvalue weighted by Crippen LogP contribution is 2.36. The number of nitro groups is 1. The molecule has 1 N–H and O–H groups in total. The summed E-state index contributed by atoms with van der Waals surface area (Å²) in [6.45, 7) is 5.56. The van der Waals surface area contributed by atoms with E-state index in [0.717, 1.165) is 6.07 Å². The first kappa shape index (κ1) is 15.5. The third-order valence-corrected chi connectivity index (χ3v) is 3.31. The third-order valence-electron chi connectivity index (χ3n) is 3.31. The maximum atomic E-state index is 13.7. The van der Waals surface area contributed by atoms with E-state index < -0.39 is 22.2 Å². The standard InChI is InChI=1S/C13H18F2N2O2/c1-7(2)12(8(3)16-4)10-5-9(14)6-11(15)13(10)17(18)19/h5-8,12,16H,1-4H3. The number of benzene rings is 1. The van der Waals surface area contributed by atoms with Gasteiger partial charge in [-0.1, -0.05) is 13.8 Å². The second-order valence-corrected chi connectivity index (χ2v) is 4.93. The molecule has 0 bridgehead atoms. The molecule has 1 rings (SSSR count). The highest BCUT2D eigenvalue weighted by atomic mass is 19.1. The molecule has 0 aromatic heterocycles. The van der Waals surface area contributed by atoms with Crippen molar-refractivity contribution in [1.82, 2.24) is 5.32 Å². The van der Waals surface area contributed by atoms with Gasteiger partial charge < -0.3 is 5.32 Å². The molecule has 0 radical (unpaired) electrons. The van der Waals surface area contributed by atoms with Crippen LogP contribution in [0.25, 0.3) is 0 Å². The van der Waals surface area contributed by atoms with E-state index >= 15 is 0 Å². The van der Waals surface area contributed by atoms with Crippen LogP contribution in [0.1, 0.15) is 32.3 Å². The summed E-state index contributed by atoms with van der Waals surface area (Å²) in [5.74, 6) is -2.28. The van der Waals surface area contributed by atoms with Crippen molar-refractivity contribution in [3.8, 4) is 0 Å². The number of nitro benzene ring substituents is 1. The average Bonchev–Trinajstić information content (AvgIpc) is 2.26. The van der Waals surface area contributed by atoms with Gasteiger partial charge in [-0.15, -0.1) is 0 Å². The Balaban J connectivity index is 3.48. The number of halogens is 2. The van der Waals surface area contributed by atoms with Crippen molar-refractivity contribution in [3.63, 3.8) is 0 Å². The third kappa shape index (κ3) is 3.26. The van der Waals surface area contributed by atoms with Crippen LogP contribution in [0.4, 0.5) is 14.5 Å². The minimum Gasteiger partial charge on any atom is -0.317 e. The summed E-state index contributed by atoms with van der Waals surface area (Å²) in [6.07, 6.45) is 0. The molecule has 0 aliphatic carbocycles. The SMILES string of the molecule is CNC(C)C(c1cc(F)cc(F)c1[N+](=O)[O-])C(C)C. The Bertz CT molecular complexity index is 478. The molecule has 0 heterocycles. The maximum Gasteiger partial charge on any atom is 0.308 e. The van der Waals surface area contributed by atoms with Crippen LogP contribution in [0.15, 0.2) is 12.1 Å². The molecule has 2 unspecified atom stereocenters. The van der Waals surface area contributed by atoms with Gasteiger partial charge in [-0.25, -0.2) is 4.39 Å². The van der Waals surface area contributed by atoms with Crippen LogP contribution in [-0.2, 0) is 0 Å². The predicted octanol–water partition coefficient (Wildman–Crippen LogP) is 3.22. The van der Waals surface area contributed by atoms with Gasteiger partial charge >= 0.3 is 5.69 Å². The summed E-state index contributed by atoms with van der Waals surface area (Å²) >= 11 is 0. The van der Waals surface area contributed by atoms with Crippen LogP contribution in [-0.4, -0.2) is 18.0 Å². The fraction of sp³-hybridized carbons (Fsp3) is 0.538. The molecule has 6 heteroatoms. The lowest BCUT2D eigenvalue weighted by Crippen LogP contribution is -2.32. The van der Waals surface area contributed by atoms with Gasteiger partial charge in [-0.3, -0.25) is 10.1 Å². The van der Waals surface area contributed by atoms with Crippen LogP contribution in [0.5, 0.6) is 0 Å². The molecular weight excluding hydrogens is 254 g/mol. The molecule has 0 spiro atoms. The first-order valence-corrected chi connectivity index (χ1v) is 6.10. The van der Waals surface area contributed by atoms with E-state index in [1.807, 2.05) is 20.8 Å². The molecule has 4 nitrogen and oxygen atoms in total. The van der Waals surface area contributed by atoms with Gasteiger partial charge in [-0.05, 0) is 26.0 Å². The normalized spacial score (nSPS) is 14.5. The molecule has 19 heavy (non-hydrogen) atoms. The minimum atomic E-state index is -1.13. The smallest absolute Gasteiger partial charge is 0.308 e. The van der Waals surface area contributed by atoms with Gasteiger partial charge in [0, 0.05) is 23.6 Å². The summed E-state index contributed by atoms with van der Waals surface area (Å²) in [7, 11) is 1.71. The lowest BCUT2D eigenvalue weighted by Gasteiger charge is -2.27. The molecular formula is C13H18F2N2O2. The first-order valence-electron chi connectivity index (χ1n) is 6.10. The van der Waals surface area contributed by atoms with Gasteiger partial charge in [0.05, 0.1) is 4.92 Å². The zero-order valence-corrected chi connectivity index (χ0v) is 11.4. The topological polar surface area (TPSA) is 55.2 Å². The number of nitrogens with zero attached hydrogens (tertiary/aromatic N) is 1. The van der Waals surface area contributed by atoms with Gasteiger partial charge in [-0.2, -0.15) is 4.39 Å². The Morgan fingerprint density at radius 2 is 1.84 bits per heavy atom. The van der Waals surface area contributed by atoms with Crippen molar-refractivity contribution in [1.29, 1.82) is 0 Å². The van der Waals surface area contributed by atoms with Crippen LogP contribution in [0.3, 0.4) is 0 Å². The molecule has 0 aliphatic rings. The summed E-state index contributed by atoms with van der Waals surface area (Å²) in [5, 5.41) is 14.0. The number of hydrogen-bond donors (Lipinski definition) is 1. The van der Waals surface area contributed by atoms with Crippen LogP contribution in [0, 0.1) is 27.7 Å². The molecule has 106 valence electrons. The molecule has 0 aliphatic heterocycles. The summed E-state index contributed by atoms with van der Waals surface area (Å²) in [5.41, 5.74) is -0.540. The summed E-state index contributed by atoms with van der Waals surface area (Å²) in [4.78, 5) is 10.2. The number of rotatable bonds is 5. The number of nitrogens with one attached hydrogen (secondary N) is 1. The van der Waals surface area contributed by atoms with E-state index in [1.165, 1.54) is 0 Å². The second kappa shape index (κ2) is 6.06. The summed E-state index contributed by atoms with van der Waals surface area (Å²) < 4.78 is 27.0. The summed E-state index contributed by atoms with van der Waals surface area (Å²) in [6, 6.07) is 1.46. The van der Waals surface area contributed by atoms with E-state index in [0.29, 0.717) is 6.07 Å². The largest absolute Gasteiger partial charge is 0.317 e. The molecule has 0 amide bonds. The molecule has 1 aromatic carbocycles. The van der Waals surface area contributed by atoms with Crippen LogP contribution >= 0.6 is 0 Å². The number of likely N-dealkylation sites (N-methyl/N-ethyl adjacent to an activating group) is 1. The molecule has 2 atom stereocenters. The van der Waals surface area contributed by atoms with E-state index in [2.05, 4.69) is 5.32 Å². The fourth-order valence-electron chi connectivity index (χ4n) is 2.42. The van der Waals surface area contributed by atoms with Crippen molar-refractivity contribution in [2.45, 2.75) is 32.7 Å². The second-order valence-electron chi connectivity index (χ2n) is 4.93. The van der Waals surface area contributed by atoms with Gasteiger partial charge in [0.2, 0.25) is 5.82 Å². The van der Waals surface area contributed by atoms with Gasteiger partial charge in [0.25, 0.3) is 0 Å². The van der Waals surface area contributed by atoms with E-state index in [4.69, 9.17) is 0 Å². The maximum absolute atomic E-state index is 13.7. The van der Waals surface area contributed by atoms with Gasteiger partial charge in [0.1, 0.15) is 5.82 Å². The Hall–Kier alpha value is -1.56. The minimum absolute atomic E-state index is 0.00218. The molecule has 0 fully saturated rings. The zero-order chi connectivity index (χ0) is 14.7. The molecule has 0 saturated carbocycles. The van der Waals surface area contributed by atoms with Crippen LogP contribution in [0.2, 0.25) is 0 Å². The lowest BCUT2D eigenvalue weighted by molar-refractivity contribution is -0.388. The highest BCUT2D eigenvalue weighted by Gasteiger charge is 2.32. The predicted molar refractivity (Wildman–Crippen MR) is 69.1 cm³/mol. The average molecular weight is 272 g/mol. The van der Waals surface area contributed by atoms with Crippen molar-refractivity contribution in [2.24, 2.45) is 5.92 Å². The highest BCUT2D eigenvalue weighted by molar-refractivity contribution is 5.45. The van der Waals surface area contributed by atoms with Crippen LogP contribution < -0.4 is 5.32 Å². The fourth-order valence-corrected chi connectivity index (χ4v) is 2.42. The van der Waals surface area contributed by atoms with E-state index in [-0.39, 0.29) is 23.4 Å². The molecule has 0 saturated heterocycles. The Labute approximate surface area is 111 Å². The quantitative estimate of drug-likeness (QED) is 0.661. The zero-order valence-electron chi connectivity index (χ0n) is 11.4. The van der Waals surface area contributed by atoms with Crippen molar-refractivity contribution in [2.75, 3.05) is 7.05 Å². The van der Waals surface area contributed by atoms with Crippen molar-refractivity contribution >= 4 is 5.69 Å². The lowest BCUT2D eigenvalue weighted by atomic mass is 9.82. The van der Waals surface area contributed by atoms with Crippen molar-refractivity contribution < 1.29 is 13.7 Å². The van der Waals surface area contributed by atoms with E-state index in [9.17, 15) is 18.9 Å².